The summed E-state index contributed by atoms with van der Waals surface area (Å²) in [4.78, 5) is 14.5. The summed E-state index contributed by atoms with van der Waals surface area (Å²) in [6.07, 6.45) is 7.49. The van der Waals surface area contributed by atoms with Gasteiger partial charge in [-0.2, -0.15) is 0 Å². The van der Waals surface area contributed by atoms with E-state index < -0.39 is 5.97 Å². The summed E-state index contributed by atoms with van der Waals surface area (Å²) >= 11 is 0. The first-order valence-electron chi connectivity index (χ1n) is 6.38. The Bertz CT molecular complexity index is 347. The van der Waals surface area contributed by atoms with E-state index in [1.807, 2.05) is 10.8 Å². The summed E-state index contributed by atoms with van der Waals surface area (Å²) in [6.45, 7) is 6.98. The van der Waals surface area contributed by atoms with Gasteiger partial charge in [0.25, 0.3) is 0 Å². The zero-order valence-corrected chi connectivity index (χ0v) is 11.2. The lowest BCUT2D eigenvalue weighted by molar-refractivity contribution is -0.137. The minimum absolute atomic E-state index is 0.0837. The van der Waals surface area contributed by atoms with Crippen molar-refractivity contribution in [2.75, 3.05) is 13.1 Å². The van der Waals surface area contributed by atoms with E-state index in [9.17, 15) is 4.79 Å². The predicted octanol–water partition coefficient (Wildman–Crippen LogP) is 1.75. The number of carbonyl (C=O) groups is 1. The first-order chi connectivity index (χ1) is 8.49. The molecule has 0 bridgehead atoms. The lowest BCUT2D eigenvalue weighted by Gasteiger charge is -2.23. The molecule has 0 aliphatic carbocycles. The molecule has 0 aromatic carbocycles. The molecule has 2 N–H and O–H groups in total. The fourth-order valence-corrected chi connectivity index (χ4v) is 1.75. The van der Waals surface area contributed by atoms with Crippen LogP contribution in [-0.2, 0) is 11.3 Å². The van der Waals surface area contributed by atoms with Crippen molar-refractivity contribution in [3.63, 3.8) is 0 Å². The highest BCUT2D eigenvalue weighted by molar-refractivity contribution is 5.66. The van der Waals surface area contributed by atoms with Crippen LogP contribution in [0.3, 0.4) is 0 Å². The molecule has 1 rings (SSSR count). The van der Waals surface area contributed by atoms with E-state index in [0.717, 1.165) is 32.5 Å². The SMILES string of the molecule is CC(C)(CCNCCn1ccnc1)CCC(=O)O. The molecular weight excluding hydrogens is 230 g/mol. The van der Waals surface area contributed by atoms with Crippen molar-refractivity contribution in [3.05, 3.63) is 18.7 Å². The van der Waals surface area contributed by atoms with Crippen molar-refractivity contribution in [1.82, 2.24) is 14.9 Å². The van der Waals surface area contributed by atoms with Crippen LogP contribution in [0.2, 0.25) is 0 Å². The smallest absolute Gasteiger partial charge is 0.303 e. The number of carboxylic acids is 1. The largest absolute Gasteiger partial charge is 0.481 e. The normalized spacial score (nSPS) is 11.7. The number of rotatable bonds is 9. The van der Waals surface area contributed by atoms with E-state index in [4.69, 9.17) is 5.11 Å². The maximum Gasteiger partial charge on any atom is 0.303 e. The van der Waals surface area contributed by atoms with Crippen LogP contribution in [0.5, 0.6) is 0 Å². The van der Waals surface area contributed by atoms with Gasteiger partial charge < -0.3 is 15.0 Å². The van der Waals surface area contributed by atoms with Gasteiger partial charge >= 0.3 is 5.97 Å². The molecule has 0 aliphatic rings. The number of imidazole rings is 1. The Balaban J connectivity index is 2.07. The molecule has 102 valence electrons. The van der Waals surface area contributed by atoms with Gasteiger partial charge in [0, 0.05) is 31.9 Å². The summed E-state index contributed by atoms with van der Waals surface area (Å²) in [5, 5.41) is 12.0. The average molecular weight is 253 g/mol. The molecule has 1 aromatic heterocycles. The number of nitrogens with zero attached hydrogens (tertiary/aromatic N) is 2. The van der Waals surface area contributed by atoms with Crippen molar-refractivity contribution >= 4 is 5.97 Å². The van der Waals surface area contributed by atoms with Crippen LogP contribution in [0.4, 0.5) is 0 Å². The van der Waals surface area contributed by atoms with Crippen LogP contribution < -0.4 is 5.32 Å². The Hall–Kier alpha value is -1.36. The maximum absolute atomic E-state index is 10.5. The first-order valence-corrected chi connectivity index (χ1v) is 6.38. The van der Waals surface area contributed by atoms with Crippen molar-refractivity contribution in [2.24, 2.45) is 5.41 Å². The van der Waals surface area contributed by atoms with Crippen LogP contribution in [0, 0.1) is 5.41 Å². The van der Waals surface area contributed by atoms with Gasteiger partial charge in [-0.25, -0.2) is 4.98 Å². The predicted molar refractivity (Wildman–Crippen MR) is 70.4 cm³/mol. The van der Waals surface area contributed by atoms with E-state index in [2.05, 4.69) is 24.1 Å². The van der Waals surface area contributed by atoms with Crippen LogP contribution in [0.1, 0.15) is 33.1 Å². The van der Waals surface area contributed by atoms with Crippen LogP contribution in [0.15, 0.2) is 18.7 Å². The molecule has 1 heterocycles. The monoisotopic (exact) mass is 253 g/mol. The molecule has 0 spiro atoms. The van der Waals surface area contributed by atoms with Crippen molar-refractivity contribution in [1.29, 1.82) is 0 Å². The highest BCUT2D eigenvalue weighted by Gasteiger charge is 2.18. The zero-order valence-electron chi connectivity index (χ0n) is 11.2. The zero-order chi connectivity index (χ0) is 13.4. The van der Waals surface area contributed by atoms with Crippen LogP contribution in [-0.4, -0.2) is 33.7 Å². The van der Waals surface area contributed by atoms with Gasteiger partial charge in [0.1, 0.15) is 0 Å². The van der Waals surface area contributed by atoms with E-state index in [0.29, 0.717) is 0 Å². The minimum Gasteiger partial charge on any atom is -0.481 e. The molecule has 5 heteroatoms. The molecular formula is C13H23N3O2. The second kappa shape index (κ2) is 7.16. The molecule has 0 unspecified atom stereocenters. The first kappa shape index (κ1) is 14.7. The van der Waals surface area contributed by atoms with Gasteiger partial charge in [-0.1, -0.05) is 13.8 Å². The topological polar surface area (TPSA) is 67.2 Å². The third-order valence-corrected chi connectivity index (χ3v) is 3.10. The Morgan fingerprint density at radius 2 is 2.17 bits per heavy atom. The maximum atomic E-state index is 10.5. The molecule has 0 aliphatic heterocycles. The van der Waals surface area contributed by atoms with Gasteiger partial charge in [-0.15, -0.1) is 0 Å². The number of hydrogen-bond donors (Lipinski definition) is 2. The third-order valence-electron chi connectivity index (χ3n) is 3.10. The van der Waals surface area contributed by atoms with Crippen molar-refractivity contribution < 1.29 is 9.90 Å². The van der Waals surface area contributed by atoms with E-state index in [1.165, 1.54) is 0 Å². The lowest BCUT2D eigenvalue weighted by Crippen LogP contribution is -2.25. The van der Waals surface area contributed by atoms with Crippen molar-refractivity contribution in [2.45, 2.75) is 39.7 Å². The molecule has 5 nitrogen and oxygen atoms in total. The van der Waals surface area contributed by atoms with Crippen LogP contribution >= 0.6 is 0 Å². The van der Waals surface area contributed by atoms with Crippen molar-refractivity contribution in [3.8, 4) is 0 Å². The van der Waals surface area contributed by atoms with Gasteiger partial charge in [0.15, 0.2) is 0 Å². The Labute approximate surface area is 108 Å². The fraction of sp³-hybridized carbons (Fsp3) is 0.692. The number of nitrogens with one attached hydrogen (secondary N) is 1. The highest BCUT2D eigenvalue weighted by Crippen LogP contribution is 2.25. The van der Waals surface area contributed by atoms with E-state index >= 15 is 0 Å². The second-order valence-electron chi connectivity index (χ2n) is 5.36. The lowest BCUT2D eigenvalue weighted by atomic mass is 9.84. The number of aliphatic carboxylic acids is 1. The Kier molecular flexibility index (Phi) is 5.85. The molecule has 1 aromatic rings. The Morgan fingerprint density at radius 3 is 2.78 bits per heavy atom. The quantitative estimate of drug-likeness (QED) is 0.658. The summed E-state index contributed by atoms with van der Waals surface area (Å²) in [7, 11) is 0. The van der Waals surface area contributed by atoms with Gasteiger partial charge in [-0.3, -0.25) is 4.79 Å². The molecule has 0 saturated carbocycles. The molecule has 18 heavy (non-hydrogen) atoms. The molecule has 0 saturated heterocycles. The average Bonchev–Trinajstić information content (AvgIpc) is 2.79. The van der Waals surface area contributed by atoms with Gasteiger partial charge in [-0.05, 0) is 24.8 Å². The highest BCUT2D eigenvalue weighted by atomic mass is 16.4. The van der Waals surface area contributed by atoms with Crippen LogP contribution in [0.25, 0.3) is 0 Å². The molecule has 0 amide bonds. The summed E-state index contributed by atoms with van der Waals surface area (Å²) in [6, 6.07) is 0. The Morgan fingerprint density at radius 1 is 1.39 bits per heavy atom. The van der Waals surface area contributed by atoms with Gasteiger partial charge in [0.05, 0.1) is 6.33 Å². The number of aromatic nitrogens is 2. The minimum atomic E-state index is -0.712. The van der Waals surface area contributed by atoms with E-state index in [1.54, 1.807) is 12.5 Å². The molecule has 0 atom stereocenters. The fourth-order valence-electron chi connectivity index (χ4n) is 1.75. The number of carboxylic acid groups (broad SMARTS) is 1. The van der Waals surface area contributed by atoms with Gasteiger partial charge in [0.2, 0.25) is 0 Å². The standard InChI is InChI=1S/C13H23N3O2/c1-13(2,4-3-12(17)18)5-6-14-7-9-16-10-8-15-11-16/h8,10-11,14H,3-7,9H2,1-2H3,(H,17,18). The molecule has 0 fully saturated rings. The number of hydrogen-bond acceptors (Lipinski definition) is 3. The second-order valence-corrected chi connectivity index (χ2v) is 5.36. The third kappa shape index (κ3) is 6.39. The summed E-state index contributed by atoms with van der Waals surface area (Å²) in [5.41, 5.74) is 0.0837. The van der Waals surface area contributed by atoms with E-state index in [-0.39, 0.29) is 11.8 Å². The summed E-state index contributed by atoms with van der Waals surface area (Å²) in [5.74, 6) is -0.712. The summed E-state index contributed by atoms with van der Waals surface area (Å²) < 4.78 is 2.03. The molecule has 0 radical (unpaired) electrons.